The zero-order chi connectivity index (χ0) is 18.7. The van der Waals surface area contributed by atoms with Crippen molar-refractivity contribution >= 4 is 24.3 Å². The lowest BCUT2D eigenvalue weighted by molar-refractivity contribution is 0.307. The van der Waals surface area contributed by atoms with Crippen molar-refractivity contribution in [3.63, 3.8) is 0 Å². The zero-order valence-corrected chi connectivity index (χ0v) is 17.9. The third-order valence-corrected chi connectivity index (χ3v) is 4.95. The fraction of sp³-hybridized carbons (Fsp3) is 0.619. The highest BCUT2D eigenvalue weighted by Crippen LogP contribution is 2.14. The number of rotatable bonds is 10. The maximum absolute atomic E-state index is 4.75. The lowest BCUT2D eigenvalue weighted by Crippen LogP contribution is -2.70. The number of benzene rings is 1. The Bertz CT molecular complexity index is 581. The fourth-order valence-electron chi connectivity index (χ4n) is 3.08. The monoisotopic (exact) mass is 393 g/mol. The lowest BCUT2D eigenvalue weighted by Gasteiger charge is -2.40. The van der Waals surface area contributed by atoms with E-state index in [1.807, 2.05) is 18.2 Å². The van der Waals surface area contributed by atoms with Crippen molar-refractivity contribution in [2.45, 2.75) is 77.9 Å². The summed E-state index contributed by atoms with van der Waals surface area (Å²) in [5, 5.41) is 10.4. The van der Waals surface area contributed by atoms with Crippen LogP contribution in [0.4, 0.5) is 0 Å². The highest BCUT2D eigenvalue weighted by atomic mass is 35.5. The molecular formula is C21H36ClN5. The molecule has 1 aromatic rings. The highest BCUT2D eigenvalue weighted by molar-refractivity contribution is 6.01. The van der Waals surface area contributed by atoms with Crippen LogP contribution < -0.4 is 16.0 Å². The maximum atomic E-state index is 4.75. The van der Waals surface area contributed by atoms with E-state index >= 15 is 0 Å². The molecule has 0 spiro atoms. The molecule has 0 saturated carbocycles. The Balaban J connectivity index is 0.00000364. The van der Waals surface area contributed by atoms with E-state index in [4.69, 9.17) is 9.98 Å². The first-order valence-corrected chi connectivity index (χ1v) is 10.2. The quantitative estimate of drug-likeness (QED) is 0.509. The van der Waals surface area contributed by atoms with Crippen LogP contribution in [-0.4, -0.2) is 24.1 Å². The first-order valence-electron chi connectivity index (χ1n) is 10.2. The van der Waals surface area contributed by atoms with Gasteiger partial charge in [0.1, 0.15) is 5.66 Å². The Morgan fingerprint density at radius 1 is 0.815 bits per heavy atom. The average Bonchev–Trinajstić information content (AvgIpc) is 2.69. The molecule has 1 aliphatic heterocycles. The Hall–Kier alpha value is -1.75. The van der Waals surface area contributed by atoms with Crippen molar-refractivity contribution < 1.29 is 0 Å². The molecule has 1 aromatic carbocycles. The van der Waals surface area contributed by atoms with E-state index in [1.165, 1.54) is 31.2 Å². The Kier molecular flexibility index (Phi) is 10.9. The van der Waals surface area contributed by atoms with Crippen LogP contribution in [0.25, 0.3) is 0 Å². The summed E-state index contributed by atoms with van der Waals surface area (Å²) >= 11 is 0. The van der Waals surface area contributed by atoms with Crippen molar-refractivity contribution in [3.8, 4) is 0 Å². The van der Waals surface area contributed by atoms with Gasteiger partial charge in [-0.25, -0.2) is 4.99 Å². The molecule has 152 valence electrons. The lowest BCUT2D eigenvalue weighted by atomic mass is 10.0. The summed E-state index contributed by atoms with van der Waals surface area (Å²) in [4.78, 5) is 9.49. The molecule has 0 bridgehead atoms. The highest BCUT2D eigenvalue weighted by Gasteiger charge is 2.32. The molecule has 0 unspecified atom stereocenters. The number of aliphatic imine (C=N–C) groups is 2. The molecule has 27 heavy (non-hydrogen) atoms. The van der Waals surface area contributed by atoms with E-state index in [9.17, 15) is 0 Å². The Labute approximate surface area is 170 Å². The second-order valence-electron chi connectivity index (χ2n) is 6.96. The van der Waals surface area contributed by atoms with Crippen LogP contribution in [0.5, 0.6) is 0 Å². The summed E-state index contributed by atoms with van der Waals surface area (Å²) in [6, 6.07) is 10.3. The van der Waals surface area contributed by atoms with Gasteiger partial charge in [-0.3, -0.25) is 10.3 Å². The number of hydrogen-bond acceptors (Lipinski definition) is 2. The van der Waals surface area contributed by atoms with Gasteiger partial charge in [-0.15, -0.1) is 12.4 Å². The van der Waals surface area contributed by atoms with Crippen molar-refractivity contribution in [2.24, 2.45) is 9.98 Å². The molecule has 1 saturated heterocycles. The van der Waals surface area contributed by atoms with Crippen LogP contribution >= 0.6 is 12.4 Å². The van der Waals surface area contributed by atoms with Crippen LogP contribution in [0.1, 0.15) is 71.3 Å². The second-order valence-corrected chi connectivity index (χ2v) is 6.96. The predicted molar refractivity (Wildman–Crippen MR) is 119 cm³/mol. The van der Waals surface area contributed by atoms with E-state index < -0.39 is 0 Å². The standard InChI is InChI=1S/C21H35N5.ClH/c1-4-7-8-9-13-16-22-19-24-20(26-21(5-2,6-3)25-19)23-17-18-14-11-10-12-15-18;/h10-12,14-15H,4-9,13,16-17H2,1-3H3,(H3,22,23,24,25,26);1H. The van der Waals surface area contributed by atoms with Gasteiger partial charge in [-0.1, -0.05) is 76.8 Å². The molecule has 0 aliphatic carbocycles. The minimum atomic E-state index is -0.179. The number of nitrogens with zero attached hydrogens (tertiary/aromatic N) is 2. The van der Waals surface area contributed by atoms with Crippen LogP contribution in [0.2, 0.25) is 0 Å². The van der Waals surface area contributed by atoms with Gasteiger partial charge >= 0.3 is 0 Å². The van der Waals surface area contributed by atoms with Crippen molar-refractivity contribution in [1.82, 2.24) is 16.0 Å². The number of nitrogens with one attached hydrogen (secondary N) is 3. The summed E-state index contributed by atoms with van der Waals surface area (Å²) in [7, 11) is 0. The summed E-state index contributed by atoms with van der Waals surface area (Å²) in [5.74, 6) is 1.65. The van der Waals surface area contributed by atoms with Crippen molar-refractivity contribution in [1.29, 1.82) is 0 Å². The topological polar surface area (TPSA) is 60.8 Å². The number of guanidine groups is 2. The van der Waals surface area contributed by atoms with Gasteiger partial charge in [0.05, 0.1) is 6.54 Å². The Morgan fingerprint density at radius 2 is 1.44 bits per heavy atom. The number of unbranched alkanes of at least 4 members (excludes halogenated alkanes) is 4. The molecule has 5 nitrogen and oxygen atoms in total. The van der Waals surface area contributed by atoms with Crippen molar-refractivity contribution in [2.75, 3.05) is 6.54 Å². The maximum Gasteiger partial charge on any atom is 0.200 e. The molecule has 0 atom stereocenters. The van der Waals surface area contributed by atoms with Crippen LogP contribution in [0.3, 0.4) is 0 Å². The first-order chi connectivity index (χ1) is 12.7. The van der Waals surface area contributed by atoms with E-state index in [-0.39, 0.29) is 18.1 Å². The van der Waals surface area contributed by atoms with Gasteiger partial charge in [0.2, 0.25) is 0 Å². The third-order valence-electron chi connectivity index (χ3n) is 4.95. The SMILES string of the molecule is CCCCCCCN=C1NC(=NCc2ccccc2)NC(CC)(CC)N1.Cl. The van der Waals surface area contributed by atoms with Gasteiger partial charge in [0.25, 0.3) is 0 Å². The van der Waals surface area contributed by atoms with Crippen molar-refractivity contribution in [3.05, 3.63) is 35.9 Å². The zero-order valence-electron chi connectivity index (χ0n) is 17.1. The van der Waals surface area contributed by atoms with Gasteiger partial charge in [-0.05, 0) is 24.8 Å². The van der Waals surface area contributed by atoms with Gasteiger partial charge in [0.15, 0.2) is 11.9 Å². The molecule has 1 fully saturated rings. The van der Waals surface area contributed by atoms with Gasteiger partial charge < -0.3 is 10.6 Å². The summed E-state index contributed by atoms with van der Waals surface area (Å²) in [6.07, 6.45) is 8.23. The first kappa shape index (κ1) is 23.3. The molecule has 6 heteroatoms. The fourth-order valence-corrected chi connectivity index (χ4v) is 3.08. The summed E-state index contributed by atoms with van der Waals surface area (Å²) < 4.78 is 0. The molecule has 0 aromatic heterocycles. The van der Waals surface area contributed by atoms with E-state index in [2.05, 4.69) is 48.9 Å². The summed E-state index contributed by atoms with van der Waals surface area (Å²) in [6.45, 7) is 8.13. The number of halogens is 1. The second kappa shape index (κ2) is 12.6. The Morgan fingerprint density at radius 3 is 2.07 bits per heavy atom. The average molecular weight is 394 g/mol. The molecule has 1 heterocycles. The van der Waals surface area contributed by atoms with E-state index in [0.29, 0.717) is 6.54 Å². The van der Waals surface area contributed by atoms with Gasteiger partial charge in [-0.2, -0.15) is 0 Å². The minimum absolute atomic E-state index is 0. The molecule has 0 radical (unpaired) electrons. The third kappa shape index (κ3) is 7.79. The predicted octanol–water partition coefficient (Wildman–Crippen LogP) is 4.59. The van der Waals surface area contributed by atoms with E-state index in [1.54, 1.807) is 0 Å². The largest absolute Gasteiger partial charge is 0.333 e. The molecule has 3 N–H and O–H groups in total. The van der Waals surface area contributed by atoms with Crippen LogP contribution in [0.15, 0.2) is 40.3 Å². The smallest absolute Gasteiger partial charge is 0.200 e. The minimum Gasteiger partial charge on any atom is -0.333 e. The van der Waals surface area contributed by atoms with Crippen LogP contribution in [0, 0.1) is 0 Å². The van der Waals surface area contributed by atoms with Crippen LogP contribution in [-0.2, 0) is 6.54 Å². The molecular weight excluding hydrogens is 358 g/mol. The molecule has 0 amide bonds. The molecule has 2 rings (SSSR count). The normalized spacial score (nSPS) is 18.3. The molecule has 1 aliphatic rings. The van der Waals surface area contributed by atoms with Gasteiger partial charge in [0, 0.05) is 6.54 Å². The van der Waals surface area contributed by atoms with E-state index in [0.717, 1.165) is 37.7 Å². The summed E-state index contributed by atoms with van der Waals surface area (Å²) in [5.41, 5.74) is 1.03. The number of hydrogen-bond donors (Lipinski definition) is 3.